The van der Waals surface area contributed by atoms with E-state index in [1.807, 2.05) is 36.4 Å². The molecule has 0 N–H and O–H groups in total. The summed E-state index contributed by atoms with van der Waals surface area (Å²) in [5.41, 5.74) is -0.180. The van der Waals surface area contributed by atoms with Gasteiger partial charge in [-0.1, -0.05) is 53.5 Å². The van der Waals surface area contributed by atoms with Gasteiger partial charge in [-0.05, 0) is 22.9 Å². The van der Waals surface area contributed by atoms with Gasteiger partial charge in [-0.15, -0.1) is 0 Å². The number of fused-ring (bicyclic) bond motifs is 1. The molecular formula is C16H9Cl2NO3. The van der Waals surface area contributed by atoms with Crippen LogP contribution in [0.15, 0.2) is 54.6 Å². The minimum atomic E-state index is -0.558. The van der Waals surface area contributed by atoms with Gasteiger partial charge in [0.15, 0.2) is 5.75 Å². The topological polar surface area (TPSA) is 52.4 Å². The van der Waals surface area contributed by atoms with Crippen molar-refractivity contribution in [3.05, 3.63) is 74.8 Å². The largest absolute Gasteiger partial charge is 0.454 e. The normalized spacial score (nSPS) is 10.6. The molecule has 0 radical (unpaired) electrons. The Labute approximate surface area is 136 Å². The Morgan fingerprint density at radius 3 is 2.18 bits per heavy atom. The number of benzene rings is 3. The average molecular weight is 334 g/mol. The van der Waals surface area contributed by atoms with Gasteiger partial charge in [0, 0.05) is 12.1 Å². The van der Waals surface area contributed by atoms with Gasteiger partial charge < -0.3 is 4.74 Å². The number of ether oxygens (including phenoxy) is 1. The van der Waals surface area contributed by atoms with Gasteiger partial charge in [0.05, 0.1) is 15.0 Å². The van der Waals surface area contributed by atoms with Crippen molar-refractivity contribution in [1.82, 2.24) is 0 Å². The van der Waals surface area contributed by atoms with Crippen LogP contribution < -0.4 is 4.74 Å². The highest BCUT2D eigenvalue weighted by atomic mass is 35.5. The lowest BCUT2D eigenvalue weighted by Crippen LogP contribution is -1.91. The molecule has 110 valence electrons. The van der Waals surface area contributed by atoms with Crippen molar-refractivity contribution in [3.8, 4) is 11.5 Å². The van der Waals surface area contributed by atoms with E-state index in [-0.39, 0.29) is 21.5 Å². The molecule has 4 nitrogen and oxygen atoms in total. The minimum absolute atomic E-state index is 0.0901. The van der Waals surface area contributed by atoms with E-state index in [2.05, 4.69) is 0 Å². The molecule has 0 aliphatic heterocycles. The quantitative estimate of drug-likeness (QED) is 0.446. The first kappa shape index (κ1) is 14.6. The SMILES string of the molecule is O=[N+]([O-])c1cc(Cl)c(Oc2ccc3ccccc3c2)c(Cl)c1. The Balaban J connectivity index is 1.99. The highest BCUT2D eigenvalue weighted by Gasteiger charge is 2.16. The number of halogens is 2. The maximum atomic E-state index is 10.8. The van der Waals surface area contributed by atoms with E-state index in [4.69, 9.17) is 27.9 Å². The van der Waals surface area contributed by atoms with Crippen LogP contribution in [0.2, 0.25) is 10.0 Å². The fourth-order valence-electron chi connectivity index (χ4n) is 2.10. The van der Waals surface area contributed by atoms with E-state index in [1.54, 1.807) is 6.07 Å². The maximum absolute atomic E-state index is 10.8. The van der Waals surface area contributed by atoms with Crippen LogP contribution in [0.1, 0.15) is 0 Å². The van der Waals surface area contributed by atoms with Gasteiger partial charge in [-0.2, -0.15) is 0 Å². The van der Waals surface area contributed by atoms with Crippen molar-refractivity contribution >= 4 is 39.7 Å². The molecule has 0 saturated heterocycles. The molecule has 0 spiro atoms. The molecular weight excluding hydrogens is 325 g/mol. The van der Waals surface area contributed by atoms with Crippen molar-refractivity contribution < 1.29 is 9.66 Å². The lowest BCUT2D eigenvalue weighted by molar-refractivity contribution is -0.384. The second-order valence-electron chi connectivity index (χ2n) is 4.61. The van der Waals surface area contributed by atoms with Gasteiger partial charge in [0.25, 0.3) is 5.69 Å². The second kappa shape index (κ2) is 5.83. The molecule has 0 aliphatic rings. The van der Waals surface area contributed by atoms with Crippen molar-refractivity contribution in [2.45, 2.75) is 0 Å². The number of nitro benzene ring substituents is 1. The summed E-state index contributed by atoms with van der Waals surface area (Å²) in [5.74, 6) is 0.751. The Hall–Kier alpha value is -2.30. The molecule has 0 aromatic heterocycles. The summed E-state index contributed by atoms with van der Waals surface area (Å²) in [6, 6.07) is 15.8. The summed E-state index contributed by atoms with van der Waals surface area (Å²) < 4.78 is 5.70. The zero-order valence-corrected chi connectivity index (χ0v) is 12.6. The van der Waals surface area contributed by atoms with E-state index in [0.717, 1.165) is 10.8 Å². The number of non-ortho nitro benzene ring substituents is 1. The average Bonchev–Trinajstić information content (AvgIpc) is 2.50. The van der Waals surface area contributed by atoms with Crippen molar-refractivity contribution in [2.24, 2.45) is 0 Å². The Morgan fingerprint density at radius 1 is 0.909 bits per heavy atom. The van der Waals surface area contributed by atoms with E-state index < -0.39 is 4.92 Å². The predicted molar refractivity (Wildman–Crippen MR) is 87.1 cm³/mol. The predicted octanol–water partition coefficient (Wildman–Crippen LogP) is 5.85. The maximum Gasteiger partial charge on any atom is 0.272 e. The molecule has 0 atom stereocenters. The first-order chi connectivity index (χ1) is 10.5. The summed E-state index contributed by atoms with van der Waals surface area (Å²) >= 11 is 12.1. The summed E-state index contributed by atoms with van der Waals surface area (Å²) in [4.78, 5) is 10.2. The minimum Gasteiger partial charge on any atom is -0.454 e. The molecule has 3 aromatic rings. The molecule has 0 saturated carbocycles. The van der Waals surface area contributed by atoms with Crippen LogP contribution >= 0.6 is 23.2 Å². The molecule has 0 heterocycles. The molecule has 0 bridgehead atoms. The fraction of sp³-hybridized carbons (Fsp3) is 0. The first-order valence-electron chi connectivity index (χ1n) is 6.35. The molecule has 3 rings (SSSR count). The van der Waals surface area contributed by atoms with Gasteiger partial charge in [0.1, 0.15) is 5.75 Å². The van der Waals surface area contributed by atoms with Crippen LogP contribution in [-0.2, 0) is 0 Å². The summed E-state index contributed by atoms with van der Waals surface area (Å²) in [6.07, 6.45) is 0. The molecule has 22 heavy (non-hydrogen) atoms. The van der Waals surface area contributed by atoms with Gasteiger partial charge in [-0.25, -0.2) is 0 Å². The van der Waals surface area contributed by atoms with Crippen LogP contribution in [-0.4, -0.2) is 4.92 Å². The number of nitrogens with zero attached hydrogens (tertiary/aromatic N) is 1. The summed E-state index contributed by atoms with van der Waals surface area (Å²) in [5, 5.41) is 13.0. The smallest absolute Gasteiger partial charge is 0.272 e. The van der Waals surface area contributed by atoms with Gasteiger partial charge in [-0.3, -0.25) is 10.1 Å². The molecule has 0 aliphatic carbocycles. The van der Waals surface area contributed by atoms with Crippen LogP contribution in [0, 0.1) is 10.1 Å². The van der Waals surface area contributed by atoms with Gasteiger partial charge in [0.2, 0.25) is 0 Å². The van der Waals surface area contributed by atoms with E-state index in [1.165, 1.54) is 12.1 Å². The molecule has 3 aromatic carbocycles. The Morgan fingerprint density at radius 2 is 1.55 bits per heavy atom. The third-order valence-corrected chi connectivity index (χ3v) is 3.70. The van der Waals surface area contributed by atoms with Gasteiger partial charge >= 0.3 is 0 Å². The van der Waals surface area contributed by atoms with Crippen molar-refractivity contribution in [1.29, 1.82) is 0 Å². The number of rotatable bonds is 3. The highest BCUT2D eigenvalue weighted by molar-refractivity contribution is 6.37. The van der Waals surface area contributed by atoms with Crippen molar-refractivity contribution in [3.63, 3.8) is 0 Å². The van der Waals surface area contributed by atoms with Crippen LogP contribution in [0.25, 0.3) is 10.8 Å². The summed E-state index contributed by atoms with van der Waals surface area (Å²) in [6.45, 7) is 0. The van der Waals surface area contributed by atoms with E-state index in [0.29, 0.717) is 5.75 Å². The highest BCUT2D eigenvalue weighted by Crippen LogP contribution is 2.39. The third kappa shape index (κ3) is 2.84. The Bertz CT molecular complexity index is 857. The van der Waals surface area contributed by atoms with Crippen LogP contribution in [0.3, 0.4) is 0 Å². The fourth-order valence-corrected chi connectivity index (χ4v) is 2.65. The van der Waals surface area contributed by atoms with Crippen LogP contribution in [0.5, 0.6) is 11.5 Å². The standard InChI is InChI=1S/C16H9Cl2NO3/c17-14-8-12(19(20)21)9-15(18)16(14)22-13-6-5-10-3-1-2-4-11(10)7-13/h1-9H. The second-order valence-corrected chi connectivity index (χ2v) is 5.42. The van der Waals surface area contributed by atoms with E-state index >= 15 is 0 Å². The molecule has 6 heteroatoms. The first-order valence-corrected chi connectivity index (χ1v) is 7.10. The lowest BCUT2D eigenvalue weighted by atomic mass is 10.1. The zero-order valence-electron chi connectivity index (χ0n) is 11.1. The van der Waals surface area contributed by atoms with Crippen LogP contribution in [0.4, 0.5) is 5.69 Å². The zero-order chi connectivity index (χ0) is 15.7. The monoisotopic (exact) mass is 333 g/mol. The van der Waals surface area contributed by atoms with E-state index in [9.17, 15) is 10.1 Å². The number of nitro groups is 1. The number of hydrogen-bond donors (Lipinski definition) is 0. The molecule has 0 amide bonds. The molecule has 0 fully saturated rings. The third-order valence-electron chi connectivity index (χ3n) is 3.13. The van der Waals surface area contributed by atoms with Crippen molar-refractivity contribution in [2.75, 3.05) is 0 Å². The molecule has 0 unspecified atom stereocenters. The lowest BCUT2D eigenvalue weighted by Gasteiger charge is -2.10. The summed E-state index contributed by atoms with van der Waals surface area (Å²) in [7, 11) is 0. The number of hydrogen-bond acceptors (Lipinski definition) is 3. The Kier molecular flexibility index (Phi) is 3.88.